The molecule has 0 unspecified atom stereocenters. The van der Waals surface area contributed by atoms with E-state index in [2.05, 4.69) is 5.10 Å². The van der Waals surface area contributed by atoms with Gasteiger partial charge in [0.15, 0.2) is 0 Å². The fourth-order valence-corrected chi connectivity index (χ4v) is 2.75. The van der Waals surface area contributed by atoms with Gasteiger partial charge >= 0.3 is 11.9 Å². The largest absolute Gasteiger partial charge is 0.496 e. The molecule has 1 aromatic carbocycles. The Morgan fingerprint density at radius 1 is 1.08 bits per heavy atom. The molecule has 0 saturated carbocycles. The van der Waals surface area contributed by atoms with Gasteiger partial charge in [-0.05, 0) is 19.1 Å². The van der Waals surface area contributed by atoms with E-state index in [-0.39, 0.29) is 6.61 Å². The van der Waals surface area contributed by atoms with Crippen LogP contribution in [0.4, 0.5) is 0 Å². The van der Waals surface area contributed by atoms with Crippen LogP contribution in [0.2, 0.25) is 0 Å². The maximum atomic E-state index is 12.5. The standard InChI is InChI=1S/C19H18N2O5/c1-4-26-19(23)15-11-21-16(14(10-20-21)18(22)25-3)9-13(15)12-7-5-6-8-17(12)24-2/h5-11H,4H2,1-3H3. The summed E-state index contributed by atoms with van der Waals surface area (Å²) in [6.45, 7) is 1.98. The third kappa shape index (κ3) is 2.99. The number of esters is 2. The summed E-state index contributed by atoms with van der Waals surface area (Å²) in [6.07, 6.45) is 2.95. The van der Waals surface area contributed by atoms with Crippen molar-refractivity contribution < 1.29 is 23.8 Å². The Kier molecular flexibility index (Phi) is 4.88. The first kappa shape index (κ1) is 17.5. The number of benzene rings is 1. The first-order valence-electron chi connectivity index (χ1n) is 8.00. The van der Waals surface area contributed by atoms with Gasteiger partial charge in [0.1, 0.15) is 11.3 Å². The minimum absolute atomic E-state index is 0.245. The molecule has 0 bridgehead atoms. The molecule has 0 N–H and O–H groups in total. The van der Waals surface area contributed by atoms with Gasteiger partial charge < -0.3 is 14.2 Å². The van der Waals surface area contributed by atoms with Crippen molar-refractivity contribution in [1.82, 2.24) is 9.61 Å². The molecule has 3 aromatic rings. The minimum Gasteiger partial charge on any atom is -0.496 e. The second-order valence-corrected chi connectivity index (χ2v) is 5.40. The summed E-state index contributed by atoms with van der Waals surface area (Å²) in [4.78, 5) is 24.5. The Hall–Kier alpha value is -3.35. The second-order valence-electron chi connectivity index (χ2n) is 5.40. The van der Waals surface area contributed by atoms with Gasteiger partial charge in [0.05, 0.1) is 38.1 Å². The predicted molar refractivity (Wildman–Crippen MR) is 94.5 cm³/mol. The Morgan fingerprint density at radius 2 is 1.85 bits per heavy atom. The molecule has 0 fully saturated rings. The van der Waals surface area contributed by atoms with Crippen LogP contribution in [0.1, 0.15) is 27.6 Å². The minimum atomic E-state index is -0.505. The monoisotopic (exact) mass is 354 g/mol. The zero-order valence-corrected chi connectivity index (χ0v) is 14.7. The molecule has 0 aliphatic heterocycles. The Bertz CT molecular complexity index is 977. The van der Waals surface area contributed by atoms with Crippen LogP contribution in [-0.4, -0.2) is 42.4 Å². The molecule has 7 heteroatoms. The summed E-state index contributed by atoms with van der Waals surface area (Å²) < 4.78 is 16.9. The average Bonchev–Trinajstić information content (AvgIpc) is 3.09. The number of nitrogens with zero attached hydrogens (tertiary/aromatic N) is 2. The van der Waals surface area contributed by atoms with Crippen LogP contribution in [0.15, 0.2) is 42.7 Å². The molecule has 2 aromatic heterocycles. The fourth-order valence-electron chi connectivity index (χ4n) is 2.75. The smallest absolute Gasteiger partial charge is 0.341 e. The molecule has 2 heterocycles. The molecule has 7 nitrogen and oxygen atoms in total. The maximum Gasteiger partial charge on any atom is 0.341 e. The molecule has 0 aliphatic carbocycles. The van der Waals surface area contributed by atoms with Gasteiger partial charge in [0, 0.05) is 17.3 Å². The third-order valence-electron chi connectivity index (χ3n) is 3.95. The van der Waals surface area contributed by atoms with E-state index in [0.717, 1.165) is 0 Å². The van der Waals surface area contributed by atoms with Crippen molar-refractivity contribution in [1.29, 1.82) is 0 Å². The molecule has 0 amide bonds. The van der Waals surface area contributed by atoms with E-state index >= 15 is 0 Å². The molecular formula is C19H18N2O5. The van der Waals surface area contributed by atoms with Crippen LogP contribution in [-0.2, 0) is 9.47 Å². The van der Waals surface area contributed by atoms with Crippen molar-refractivity contribution in [3.63, 3.8) is 0 Å². The highest BCUT2D eigenvalue weighted by Crippen LogP contribution is 2.34. The molecule has 0 atom stereocenters. The van der Waals surface area contributed by atoms with E-state index in [1.165, 1.54) is 17.8 Å². The molecular weight excluding hydrogens is 336 g/mol. The molecule has 0 aliphatic rings. The number of hydrogen-bond acceptors (Lipinski definition) is 6. The van der Waals surface area contributed by atoms with Crippen molar-refractivity contribution in [3.8, 4) is 16.9 Å². The number of pyridine rings is 1. The van der Waals surface area contributed by atoms with E-state index in [4.69, 9.17) is 14.2 Å². The summed E-state index contributed by atoms with van der Waals surface area (Å²) in [5.74, 6) is -0.387. The lowest BCUT2D eigenvalue weighted by molar-refractivity contribution is 0.0525. The SMILES string of the molecule is CCOC(=O)c1cn2ncc(C(=O)OC)c2cc1-c1ccccc1OC. The lowest BCUT2D eigenvalue weighted by Gasteiger charge is -2.13. The normalized spacial score (nSPS) is 10.6. The number of hydrogen-bond donors (Lipinski definition) is 0. The lowest BCUT2D eigenvalue weighted by atomic mass is 9.99. The zero-order valence-electron chi connectivity index (χ0n) is 14.7. The van der Waals surface area contributed by atoms with Crippen molar-refractivity contribution in [2.45, 2.75) is 6.92 Å². The number of carbonyl (C=O) groups excluding carboxylic acids is 2. The maximum absolute atomic E-state index is 12.5. The molecule has 134 valence electrons. The number of fused-ring (bicyclic) bond motifs is 1. The summed E-state index contributed by atoms with van der Waals surface area (Å²) in [6, 6.07) is 9.02. The van der Waals surface area contributed by atoms with Crippen molar-refractivity contribution in [2.75, 3.05) is 20.8 Å². The first-order valence-corrected chi connectivity index (χ1v) is 8.00. The molecule has 0 saturated heterocycles. The van der Waals surface area contributed by atoms with Crippen LogP contribution in [0.5, 0.6) is 5.75 Å². The van der Waals surface area contributed by atoms with Gasteiger partial charge in [-0.3, -0.25) is 0 Å². The number of aromatic nitrogens is 2. The quantitative estimate of drug-likeness (QED) is 0.656. The molecule has 0 radical (unpaired) electrons. The van der Waals surface area contributed by atoms with Gasteiger partial charge in [-0.25, -0.2) is 14.1 Å². The molecule has 0 spiro atoms. The second kappa shape index (κ2) is 7.26. The highest BCUT2D eigenvalue weighted by atomic mass is 16.5. The van der Waals surface area contributed by atoms with Gasteiger partial charge in [-0.1, -0.05) is 18.2 Å². The van der Waals surface area contributed by atoms with Crippen LogP contribution >= 0.6 is 0 Å². The number of rotatable bonds is 5. The number of para-hydroxylation sites is 1. The van der Waals surface area contributed by atoms with Gasteiger partial charge in [-0.15, -0.1) is 0 Å². The van der Waals surface area contributed by atoms with E-state index < -0.39 is 11.9 Å². The number of carbonyl (C=O) groups is 2. The predicted octanol–water partition coefficient (Wildman–Crippen LogP) is 2.97. The molecule has 3 rings (SSSR count). The van der Waals surface area contributed by atoms with Crippen LogP contribution in [0, 0.1) is 0 Å². The summed E-state index contributed by atoms with van der Waals surface area (Å²) in [5, 5.41) is 4.15. The fraction of sp³-hybridized carbons (Fsp3) is 0.211. The highest BCUT2D eigenvalue weighted by Gasteiger charge is 2.21. The van der Waals surface area contributed by atoms with E-state index in [0.29, 0.717) is 33.5 Å². The number of methoxy groups -OCH3 is 2. The highest BCUT2D eigenvalue weighted by molar-refractivity contribution is 6.02. The van der Waals surface area contributed by atoms with Crippen LogP contribution in [0.3, 0.4) is 0 Å². The van der Waals surface area contributed by atoms with E-state index in [1.807, 2.05) is 18.2 Å². The Morgan fingerprint density at radius 3 is 2.54 bits per heavy atom. The summed E-state index contributed by atoms with van der Waals surface area (Å²) in [7, 11) is 2.86. The van der Waals surface area contributed by atoms with E-state index in [9.17, 15) is 9.59 Å². The Labute approximate surface area is 150 Å². The summed E-state index contributed by atoms with van der Waals surface area (Å²) >= 11 is 0. The third-order valence-corrected chi connectivity index (χ3v) is 3.95. The van der Waals surface area contributed by atoms with Gasteiger partial charge in [0.25, 0.3) is 0 Å². The van der Waals surface area contributed by atoms with Gasteiger partial charge in [0.2, 0.25) is 0 Å². The molecule has 26 heavy (non-hydrogen) atoms. The Balaban J connectivity index is 2.30. The van der Waals surface area contributed by atoms with E-state index in [1.54, 1.807) is 32.4 Å². The zero-order chi connectivity index (χ0) is 18.7. The van der Waals surface area contributed by atoms with Crippen LogP contribution < -0.4 is 4.74 Å². The average molecular weight is 354 g/mol. The lowest BCUT2D eigenvalue weighted by Crippen LogP contribution is -2.09. The topological polar surface area (TPSA) is 79.1 Å². The number of ether oxygens (including phenoxy) is 3. The summed E-state index contributed by atoms with van der Waals surface area (Å²) in [5.41, 5.74) is 2.44. The first-order chi connectivity index (χ1) is 12.6. The van der Waals surface area contributed by atoms with Crippen molar-refractivity contribution in [3.05, 3.63) is 53.9 Å². The van der Waals surface area contributed by atoms with Gasteiger partial charge in [-0.2, -0.15) is 5.10 Å². The van der Waals surface area contributed by atoms with Crippen molar-refractivity contribution >= 4 is 17.5 Å². The van der Waals surface area contributed by atoms with Crippen molar-refractivity contribution in [2.24, 2.45) is 0 Å². The van der Waals surface area contributed by atoms with Crippen LogP contribution in [0.25, 0.3) is 16.6 Å².